The van der Waals surface area contributed by atoms with Crippen LogP contribution in [0.15, 0.2) is 30.3 Å². The standard InChI is InChI=1S/C18H22FN3O2/c1-4-21(11-12-23)18(24)10-9-17-13(2)20-22(14(17)3)16-7-5-15(19)6-8-16/h5-10,23H,4,11-12H2,1-3H3/b10-9+. The molecule has 1 heterocycles. The molecule has 0 aliphatic carbocycles. The SMILES string of the molecule is CCN(CCO)C(=O)/C=C/c1c(C)nn(-c2ccc(F)cc2)c1C. The molecule has 0 spiro atoms. The van der Waals surface area contributed by atoms with Gasteiger partial charge in [-0.3, -0.25) is 4.79 Å². The van der Waals surface area contributed by atoms with Crippen molar-refractivity contribution in [2.75, 3.05) is 19.7 Å². The summed E-state index contributed by atoms with van der Waals surface area (Å²) in [6.45, 7) is 6.42. The van der Waals surface area contributed by atoms with Crippen LogP contribution in [0.5, 0.6) is 0 Å². The van der Waals surface area contributed by atoms with Gasteiger partial charge < -0.3 is 10.0 Å². The van der Waals surface area contributed by atoms with Gasteiger partial charge in [-0.05, 0) is 51.1 Å². The Balaban J connectivity index is 2.27. The topological polar surface area (TPSA) is 58.4 Å². The Labute approximate surface area is 141 Å². The summed E-state index contributed by atoms with van der Waals surface area (Å²) >= 11 is 0. The Bertz CT molecular complexity index is 735. The van der Waals surface area contributed by atoms with Crippen molar-refractivity contribution in [1.82, 2.24) is 14.7 Å². The van der Waals surface area contributed by atoms with Crippen LogP contribution in [0.4, 0.5) is 4.39 Å². The smallest absolute Gasteiger partial charge is 0.246 e. The summed E-state index contributed by atoms with van der Waals surface area (Å²) < 4.78 is 14.8. The number of aromatic nitrogens is 2. The lowest BCUT2D eigenvalue weighted by Gasteiger charge is -2.17. The molecule has 1 amide bonds. The van der Waals surface area contributed by atoms with Gasteiger partial charge >= 0.3 is 0 Å². The van der Waals surface area contributed by atoms with Gasteiger partial charge in [0.25, 0.3) is 0 Å². The Morgan fingerprint density at radius 1 is 1.33 bits per heavy atom. The zero-order chi connectivity index (χ0) is 17.7. The number of halogens is 1. The molecule has 0 radical (unpaired) electrons. The zero-order valence-corrected chi connectivity index (χ0v) is 14.2. The van der Waals surface area contributed by atoms with Gasteiger partial charge in [-0.15, -0.1) is 0 Å². The van der Waals surface area contributed by atoms with Crippen LogP contribution in [0.3, 0.4) is 0 Å². The minimum absolute atomic E-state index is 0.0615. The molecule has 5 nitrogen and oxygen atoms in total. The van der Waals surface area contributed by atoms with Crippen LogP contribution >= 0.6 is 0 Å². The number of carbonyl (C=O) groups excluding carboxylic acids is 1. The number of aliphatic hydroxyl groups excluding tert-OH is 1. The Kier molecular flexibility index (Phi) is 5.87. The predicted octanol–water partition coefficient (Wildman–Crippen LogP) is 2.48. The molecule has 1 aromatic carbocycles. The maximum Gasteiger partial charge on any atom is 0.246 e. The fourth-order valence-electron chi connectivity index (χ4n) is 2.53. The van der Waals surface area contributed by atoms with Crippen molar-refractivity contribution in [3.63, 3.8) is 0 Å². The molecule has 0 saturated heterocycles. The highest BCUT2D eigenvalue weighted by Gasteiger charge is 2.12. The highest BCUT2D eigenvalue weighted by Crippen LogP contribution is 2.19. The molecule has 128 valence electrons. The van der Waals surface area contributed by atoms with E-state index >= 15 is 0 Å². The zero-order valence-electron chi connectivity index (χ0n) is 14.2. The van der Waals surface area contributed by atoms with Crippen molar-refractivity contribution < 1.29 is 14.3 Å². The Morgan fingerprint density at radius 2 is 2.00 bits per heavy atom. The lowest BCUT2D eigenvalue weighted by Crippen LogP contribution is -2.31. The molecule has 0 unspecified atom stereocenters. The summed E-state index contributed by atoms with van der Waals surface area (Å²) in [5.41, 5.74) is 3.27. The van der Waals surface area contributed by atoms with E-state index in [0.29, 0.717) is 13.1 Å². The van der Waals surface area contributed by atoms with Crippen LogP contribution in [0.2, 0.25) is 0 Å². The number of benzene rings is 1. The van der Waals surface area contributed by atoms with Gasteiger partial charge in [-0.2, -0.15) is 5.10 Å². The summed E-state index contributed by atoms with van der Waals surface area (Å²) in [6, 6.07) is 6.10. The normalized spacial score (nSPS) is 11.2. The number of likely N-dealkylation sites (N-methyl/N-ethyl adjacent to an activating group) is 1. The number of aliphatic hydroxyl groups is 1. The second-order valence-corrected chi connectivity index (χ2v) is 5.45. The van der Waals surface area contributed by atoms with Crippen LogP contribution < -0.4 is 0 Å². The quantitative estimate of drug-likeness (QED) is 0.827. The molecule has 0 saturated carbocycles. The fraction of sp³-hybridized carbons (Fsp3) is 0.333. The van der Waals surface area contributed by atoms with Gasteiger partial charge in [0.05, 0.1) is 18.0 Å². The van der Waals surface area contributed by atoms with E-state index in [2.05, 4.69) is 5.10 Å². The van der Waals surface area contributed by atoms with Gasteiger partial charge in [0, 0.05) is 30.4 Å². The number of amides is 1. The predicted molar refractivity (Wildman–Crippen MR) is 91.4 cm³/mol. The largest absolute Gasteiger partial charge is 0.395 e. The lowest BCUT2D eigenvalue weighted by molar-refractivity contribution is -0.126. The molecule has 1 N–H and O–H groups in total. The van der Waals surface area contributed by atoms with E-state index in [-0.39, 0.29) is 18.3 Å². The molecule has 2 aromatic rings. The van der Waals surface area contributed by atoms with E-state index in [1.165, 1.54) is 18.2 Å². The first-order chi connectivity index (χ1) is 11.5. The highest BCUT2D eigenvalue weighted by molar-refractivity contribution is 5.92. The first-order valence-corrected chi connectivity index (χ1v) is 7.88. The van der Waals surface area contributed by atoms with Crippen molar-refractivity contribution in [2.24, 2.45) is 0 Å². The Hall–Kier alpha value is -2.47. The number of rotatable bonds is 6. The molecule has 0 bridgehead atoms. The van der Waals surface area contributed by atoms with E-state index in [1.807, 2.05) is 20.8 Å². The van der Waals surface area contributed by atoms with Crippen LogP contribution in [0, 0.1) is 19.7 Å². The number of nitrogens with zero attached hydrogens (tertiary/aromatic N) is 3. The number of hydrogen-bond acceptors (Lipinski definition) is 3. The average molecular weight is 331 g/mol. The number of hydrogen-bond donors (Lipinski definition) is 1. The van der Waals surface area contributed by atoms with Gasteiger partial charge in [-0.25, -0.2) is 9.07 Å². The molecule has 0 aliphatic rings. The second-order valence-electron chi connectivity index (χ2n) is 5.45. The van der Waals surface area contributed by atoms with Gasteiger partial charge in [0.2, 0.25) is 5.91 Å². The van der Waals surface area contributed by atoms with Gasteiger partial charge in [-0.1, -0.05) is 0 Å². The minimum atomic E-state index is -0.297. The average Bonchev–Trinajstić information content (AvgIpc) is 2.85. The molecular formula is C18H22FN3O2. The Morgan fingerprint density at radius 3 is 2.58 bits per heavy atom. The van der Waals surface area contributed by atoms with Crippen molar-refractivity contribution in [2.45, 2.75) is 20.8 Å². The summed E-state index contributed by atoms with van der Waals surface area (Å²) in [5, 5.41) is 13.4. The lowest BCUT2D eigenvalue weighted by atomic mass is 10.1. The van der Waals surface area contributed by atoms with E-state index in [1.54, 1.807) is 27.8 Å². The van der Waals surface area contributed by atoms with Crippen molar-refractivity contribution >= 4 is 12.0 Å². The molecule has 24 heavy (non-hydrogen) atoms. The monoisotopic (exact) mass is 331 g/mol. The third-order valence-electron chi connectivity index (χ3n) is 3.87. The summed E-state index contributed by atoms with van der Waals surface area (Å²) in [6.07, 6.45) is 3.23. The van der Waals surface area contributed by atoms with Crippen LogP contribution in [0.1, 0.15) is 23.9 Å². The van der Waals surface area contributed by atoms with Crippen molar-refractivity contribution in [3.8, 4) is 5.69 Å². The number of carbonyl (C=O) groups is 1. The maximum atomic E-state index is 13.1. The second kappa shape index (κ2) is 7.88. The summed E-state index contributed by atoms with van der Waals surface area (Å²) in [7, 11) is 0. The van der Waals surface area contributed by atoms with Crippen LogP contribution in [-0.4, -0.2) is 45.4 Å². The molecule has 0 aliphatic heterocycles. The highest BCUT2D eigenvalue weighted by atomic mass is 19.1. The first-order valence-electron chi connectivity index (χ1n) is 7.88. The van der Waals surface area contributed by atoms with E-state index in [4.69, 9.17) is 5.11 Å². The minimum Gasteiger partial charge on any atom is -0.395 e. The molecule has 1 aromatic heterocycles. The van der Waals surface area contributed by atoms with E-state index < -0.39 is 0 Å². The molecule has 0 atom stereocenters. The third-order valence-corrected chi connectivity index (χ3v) is 3.87. The molecule has 0 fully saturated rings. The van der Waals surface area contributed by atoms with Crippen LogP contribution in [-0.2, 0) is 4.79 Å². The summed E-state index contributed by atoms with van der Waals surface area (Å²) in [5.74, 6) is -0.450. The van der Waals surface area contributed by atoms with E-state index in [0.717, 1.165) is 22.6 Å². The van der Waals surface area contributed by atoms with E-state index in [9.17, 15) is 9.18 Å². The number of aryl methyl sites for hydroxylation is 1. The van der Waals surface area contributed by atoms with Gasteiger partial charge in [0.15, 0.2) is 0 Å². The fourth-order valence-corrected chi connectivity index (χ4v) is 2.53. The summed E-state index contributed by atoms with van der Waals surface area (Å²) in [4.78, 5) is 13.7. The molecule has 6 heteroatoms. The van der Waals surface area contributed by atoms with Crippen molar-refractivity contribution in [3.05, 3.63) is 53.1 Å². The van der Waals surface area contributed by atoms with Crippen LogP contribution in [0.25, 0.3) is 11.8 Å². The van der Waals surface area contributed by atoms with Gasteiger partial charge in [0.1, 0.15) is 5.82 Å². The maximum absolute atomic E-state index is 13.1. The molecule has 2 rings (SSSR count). The first kappa shape index (κ1) is 17.9. The molecular weight excluding hydrogens is 309 g/mol. The van der Waals surface area contributed by atoms with Crippen molar-refractivity contribution in [1.29, 1.82) is 0 Å². The third kappa shape index (κ3) is 3.89.